The molecule has 0 heterocycles. The number of hydrogen-bond acceptors (Lipinski definition) is 5. The Morgan fingerprint density at radius 2 is 1.79 bits per heavy atom. The second kappa shape index (κ2) is 11.1. The van der Waals surface area contributed by atoms with E-state index in [9.17, 15) is 17.6 Å². The van der Waals surface area contributed by atoms with Crippen LogP contribution in [0, 0.1) is 12.7 Å². The number of aryl methyl sites for hydroxylation is 1. The molecule has 0 aliphatic heterocycles. The van der Waals surface area contributed by atoms with E-state index >= 15 is 0 Å². The Kier molecular flexibility index (Phi) is 8.25. The summed E-state index contributed by atoms with van der Waals surface area (Å²) in [5, 5.41) is 3.85. The van der Waals surface area contributed by atoms with Gasteiger partial charge in [-0.1, -0.05) is 35.4 Å². The lowest BCUT2D eigenvalue weighted by atomic mass is 10.2. The zero-order valence-corrected chi connectivity index (χ0v) is 20.1. The van der Waals surface area contributed by atoms with E-state index in [4.69, 9.17) is 16.3 Å². The fourth-order valence-electron chi connectivity index (χ4n) is 3.00. The molecule has 0 saturated carbocycles. The van der Waals surface area contributed by atoms with Crippen molar-refractivity contribution in [2.45, 2.75) is 18.7 Å². The molecule has 10 heteroatoms. The van der Waals surface area contributed by atoms with Gasteiger partial charge in [-0.2, -0.15) is 5.10 Å². The molecule has 1 N–H and O–H groups in total. The number of amides is 1. The van der Waals surface area contributed by atoms with Gasteiger partial charge >= 0.3 is 0 Å². The summed E-state index contributed by atoms with van der Waals surface area (Å²) >= 11 is 5.94. The largest absolute Gasteiger partial charge is 0.494 e. The summed E-state index contributed by atoms with van der Waals surface area (Å²) in [4.78, 5) is 12.6. The van der Waals surface area contributed by atoms with Gasteiger partial charge in [0.1, 0.15) is 18.1 Å². The molecule has 0 aliphatic carbocycles. The second-order valence-corrected chi connectivity index (χ2v) is 9.45. The van der Waals surface area contributed by atoms with Crippen molar-refractivity contribution in [1.29, 1.82) is 0 Å². The zero-order valence-electron chi connectivity index (χ0n) is 18.5. The summed E-state index contributed by atoms with van der Waals surface area (Å²) in [6.07, 6.45) is 1.06. The lowest BCUT2D eigenvalue weighted by Crippen LogP contribution is -2.39. The van der Waals surface area contributed by atoms with Crippen molar-refractivity contribution in [3.8, 4) is 5.75 Å². The van der Waals surface area contributed by atoms with Gasteiger partial charge in [0.05, 0.1) is 28.4 Å². The standard InChI is InChI=1S/C24H23ClFN3O4S/c1-3-33-19-11-13-20(14-12-19)34(31,32)29(18-9-7-17(2)8-10-18)16-24(30)28-27-15-21-22(25)5-4-6-23(21)26/h4-15H,3,16H2,1-2H3,(H,28,30)/b27-15-. The Labute approximate surface area is 202 Å². The summed E-state index contributed by atoms with van der Waals surface area (Å²) in [6, 6.07) is 16.8. The van der Waals surface area contributed by atoms with E-state index in [1.807, 2.05) is 13.8 Å². The number of nitrogens with zero attached hydrogens (tertiary/aromatic N) is 2. The van der Waals surface area contributed by atoms with Gasteiger partial charge in [0, 0.05) is 5.56 Å². The van der Waals surface area contributed by atoms with E-state index in [2.05, 4.69) is 10.5 Å². The summed E-state index contributed by atoms with van der Waals surface area (Å²) in [7, 11) is -4.10. The molecule has 178 valence electrons. The number of nitrogens with one attached hydrogen (secondary N) is 1. The molecule has 0 aliphatic rings. The van der Waals surface area contributed by atoms with Gasteiger partial charge < -0.3 is 4.74 Å². The Bertz CT molecular complexity index is 1260. The van der Waals surface area contributed by atoms with Crippen LogP contribution in [0.3, 0.4) is 0 Å². The minimum atomic E-state index is -4.10. The molecule has 0 spiro atoms. The normalized spacial score (nSPS) is 11.4. The van der Waals surface area contributed by atoms with Crippen LogP contribution in [-0.2, 0) is 14.8 Å². The van der Waals surface area contributed by atoms with Crippen LogP contribution < -0.4 is 14.5 Å². The highest BCUT2D eigenvalue weighted by atomic mass is 35.5. The molecule has 0 bridgehead atoms. The van der Waals surface area contributed by atoms with Gasteiger partial charge in [-0.25, -0.2) is 18.2 Å². The lowest BCUT2D eigenvalue weighted by molar-refractivity contribution is -0.119. The maximum atomic E-state index is 13.9. The molecule has 7 nitrogen and oxygen atoms in total. The number of carbonyl (C=O) groups excluding carboxylic acids is 1. The van der Waals surface area contributed by atoms with Crippen LogP contribution in [0.5, 0.6) is 5.75 Å². The molecular formula is C24H23ClFN3O4S. The van der Waals surface area contributed by atoms with Gasteiger partial charge in [-0.05, 0) is 62.4 Å². The topological polar surface area (TPSA) is 88.1 Å². The third kappa shape index (κ3) is 6.12. The Balaban J connectivity index is 1.85. The van der Waals surface area contributed by atoms with Gasteiger partial charge in [0.15, 0.2) is 0 Å². The number of ether oxygens (including phenoxy) is 1. The number of anilines is 1. The average molecular weight is 504 g/mol. The van der Waals surface area contributed by atoms with Crippen LogP contribution in [-0.4, -0.2) is 33.7 Å². The highest BCUT2D eigenvalue weighted by molar-refractivity contribution is 7.92. The van der Waals surface area contributed by atoms with Crippen molar-refractivity contribution in [3.05, 3.63) is 88.7 Å². The van der Waals surface area contributed by atoms with Gasteiger partial charge in [-0.3, -0.25) is 9.10 Å². The maximum absolute atomic E-state index is 13.9. The third-order valence-corrected chi connectivity index (χ3v) is 6.83. The molecule has 0 fully saturated rings. The van der Waals surface area contributed by atoms with Crippen molar-refractivity contribution < 1.29 is 22.3 Å². The molecular weight excluding hydrogens is 481 g/mol. The fourth-order valence-corrected chi connectivity index (χ4v) is 4.63. The second-order valence-electron chi connectivity index (χ2n) is 7.18. The SMILES string of the molecule is CCOc1ccc(S(=O)(=O)N(CC(=O)N/N=C\c2c(F)cccc2Cl)c2ccc(C)cc2)cc1. The molecule has 0 unspecified atom stereocenters. The number of benzene rings is 3. The summed E-state index contributed by atoms with van der Waals surface area (Å²) in [6.45, 7) is 3.58. The van der Waals surface area contributed by atoms with Gasteiger partial charge in [0.25, 0.3) is 15.9 Å². The molecule has 3 rings (SSSR count). The maximum Gasteiger partial charge on any atom is 0.264 e. The van der Waals surface area contributed by atoms with Crippen molar-refractivity contribution in [1.82, 2.24) is 5.43 Å². The van der Waals surface area contributed by atoms with E-state index in [0.29, 0.717) is 18.0 Å². The molecule has 0 radical (unpaired) electrons. The van der Waals surface area contributed by atoms with Gasteiger partial charge in [0.2, 0.25) is 0 Å². The van der Waals surface area contributed by atoms with Crippen LogP contribution in [0.4, 0.5) is 10.1 Å². The molecule has 1 amide bonds. The van der Waals surface area contributed by atoms with Crippen molar-refractivity contribution in [2.75, 3.05) is 17.5 Å². The fraction of sp³-hybridized carbons (Fsp3) is 0.167. The van der Waals surface area contributed by atoms with Crippen LogP contribution in [0.1, 0.15) is 18.1 Å². The lowest BCUT2D eigenvalue weighted by Gasteiger charge is -2.24. The molecule has 0 aromatic heterocycles. The summed E-state index contributed by atoms with van der Waals surface area (Å²) < 4.78 is 47.0. The summed E-state index contributed by atoms with van der Waals surface area (Å²) in [5.41, 5.74) is 3.46. The minimum absolute atomic E-state index is 0.00173. The highest BCUT2D eigenvalue weighted by Crippen LogP contribution is 2.25. The highest BCUT2D eigenvalue weighted by Gasteiger charge is 2.27. The Morgan fingerprint density at radius 3 is 2.41 bits per heavy atom. The van der Waals surface area contributed by atoms with E-state index in [1.54, 1.807) is 36.4 Å². The van der Waals surface area contributed by atoms with E-state index in [-0.39, 0.29) is 15.5 Å². The molecule has 3 aromatic rings. The number of halogens is 2. The molecule has 0 atom stereocenters. The smallest absolute Gasteiger partial charge is 0.264 e. The van der Waals surface area contributed by atoms with E-state index < -0.39 is 28.3 Å². The minimum Gasteiger partial charge on any atom is -0.494 e. The first-order valence-corrected chi connectivity index (χ1v) is 12.1. The quantitative estimate of drug-likeness (QED) is 0.343. The van der Waals surface area contributed by atoms with E-state index in [1.165, 1.54) is 30.3 Å². The van der Waals surface area contributed by atoms with Gasteiger partial charge in [-0.15, -0.1) is 0 Å². The number of rotatable bonds is 9. The predicted octanol–water partition coefficient (Wildman–Crippen LogP) is 4.53. The molecule has 0 saturated heterocycles. The number of hydrazone groups is 1. The first-order chi connectivity index (χ1) is 16.2. The number of carbonyl (C=O) groups is 1. The molecule has 3 aromatic carbocycles. The Morgan fingerprint density at radius 1 is 1.12 bits per heavy atom. The van der Waals surface area contributed by atoms with E-state index in [0.717, 1.165) is 16.1 Å². The predicted molar refractivity (Wildman–Crippen MR) is 130 cm³/mol. The van der Waals surface area contributed by atoms with Crippen molar-refractivity contribution >= 4 is 39.4 Å². The van der Waals surface area contributed by atoms with Crippen LogP contribution in [0.2, 0.25) is 5.02 Å². The van der Waals surface area contributed by atoms with Crippen molar-refractivity contribution in [3.63, 3.8) is 0 Å². The average Bonchev–Trinajstić information content (AvgIpc) is 2.81. The zero-order chi connectivity index (χ0) is 24.7. The first kappa shape index (κ1) is 25.2. The number of sulfonamides is 1. The van der Waals surface area contributed by atoms with Crippen molar-refractivity contribution in [2.24, 2.45) is 5.10 Å². The van der Waals surface area contributed by atoms with Crippen LogP contribution >= 0.6 is 11.6 Å². The van der Waals surface area contributed by atoms with Crippen LogP contribution in [0.25, 0.3) is 0 Å². The van der Waals surface area contributed by atoms with Crippen LogP contribution in [0.15, 0.2) is 76.7 Å². The monoisotopic (exact) mass is 503 g/mol. The first-order valence-electron chi connectivity index (χ1n) is 10.3. The Hall–Kier alpha value is -3.43. The number of hydrogen-bond donors (Lipinski definition) is 1. The summed E-state index contributed by atoms with van der Waals surface area (Å²) in [5.74, 6) is -0.800. The third-order valence-electron chi connectivity index (χ3n) is 4.71. The molecule has 34 heavy (non-hydrogen) atoms.